The van der Waals surface area contributed by atoms with E-state index in [1.165, 1.54) is 29.1 Å². The molecule has 0 saturated carbocycles. The summed E-state index contributed by atoms with van der Waals surface area (Å²) in [5.41, 5.74) is -1.32. The Kier molecular flexibility index (Phi) is 17.8. The van der Waals surface area contributed by atoms with Gasteiger partial charge in [-0.3, -0.25) is 33.5 Å². The van der Waals surface area contributed by atoms with Crippen molar-refractivity contribution in [2.75, 3.05) is 13.2 Å². The Balaban J connectivity index is 0.000000280. The molecule has 0 spiro atoms. The second-order valence-electron chi connectivity index (χ2n) is 20.1. The number of hydrogen-bond acceptors (Lipinski definition) is 14. The molecule has 18 nitrogen and oxygen atoms in total. The summed E-state index contributed by atoms with van der Waals surface area (Å²) in [6.07, 6.45) is -3.52. The Morgan fingerprint density at radius 3 is 1.34 bits per heavy atom. The number of hydrogen-bond donors (Lipinski definition) is 3. The summed E-state index contributed by atoms with van der Waals surface area (Å²) >= 11 is 0. The topological polar surface area (TPSA) is 221 Å². The van der Waals surface area contributed by atoms with Gasteiger partial charge in [-0.2, -0.15) is 0 Å². The van der Waals surface area contributed by atoms with Crippen molar-refractivity contribution in [3.05, 3.63) is 66.2 Å². The molecule has 22 heteroatoms. The van der Waals surface area contributed by atoms with Gasteiger partial charge < -0.3 is 40.5 Å². The Labute approximate surface area is 388 Å². The largest absolute Gasteiger partial charge is 0.414 e. The summed E-state index contributed by atoms with van der Waals surface area (Å²) < 4.78 is 55.4. The van der Waals surface area contributed by atoms with Gasteiger partial charge >= 0.3 is 45.6 Å². The molecule has 3 N–H and O–H groups in total. The maximum absolute atomic E-state index is 13.4. The minimum atomic E-state index is -2.97. The molecule has 0 aliphatic carbocycles. The summed E-state index contributed by atoms with van der Waals surface area (Å²) in [5, 5.41) is 11.2. The molecule has 6 rings (SSSR count). The highest BCUT2D eigenvalue weighted by Gasteiger charge is 2.63. The third-order valence-corrected chi connectivity index (χ3v) is 33.8. The first-order valence-corrected chi connectivity index (χ1v) is 30.8. The van der Waals surface area contributed by atoms with Crippen LogP contribution < -0.4 is 22.5 Å². The standard InChI is InChI=1S/C21H38N2O7Si2.C21H36N2O7Si2.CH4/c2*1-12(2)31(13(3)4)27-11-16-19(29-32(30-31,14(5)6)15(7)8)18(25)20(28-16)23-10-9-17(24)22-21(23)26;/h9-10,12-16,18-20,25H,11H2,1-8H3,(H,22,24,26);9-10,12-16,19-20H,11H2,1-8H3,(H,22,24,26);1H4/t16-,18?,19+,20-;16-,19+,20-;/m11./s1. The number of nitrogens with one attached hydrogen (secondary N) is 2. The van der Waals surface area contributed by atoms with Gasteiger partial charge in [0.25, 0.3) is 11.1 Å². The SMILES string of the molecule is C.CC(C)[Si]1(C(C)C)OC[C@H]2O[C@@H](n3ccc(=O)[nH]c3=O)C(=O)[C@H]2O[Si](C(C)C)(C(C)C)O1.CC(C)[Si]1(C(C)C)OC[C@H]2O[C@@H](n3ccc(=O)[nH]c3=O)C(O)[C@H]2O[Si](C(C)C)(C(C)C)O1. The van der Waals surface area contributed by atoms with Gasteiger partial charge in [0, 0.05) is 24.5 Å². The number of aliphatic hydroxyl groups is 1. The zero-order chi connectivity index (χ0) is 48.0. The average molecular weight is 987 g/mol. The summed E-state index contributed by atoms with van der Waals surface area (Å²) in [4.78, 5) is 65.5. The van der Waals surface area contributed by atoms with Crippen LogP contribution in [0.3, 0.4) is 0 Å². The second kappa shape index (κ2) is 21.0. The van der Waals surface area contributed by atoms with Crippen molar-refractivity contribution >= 4 is 40.0 Å². The van der Waals surface area contributed by atoms with E-state index in [1.807, 2.05) is 0 Å². The van der Waals surface area contributed by atoms with Crippen LogP contribution >= 0.6 is 0 Å². The molecule has 370 valence electrons. The van der Waals surface area contributed by atoms with Gasteiger partial charge in [0.15, 0.2) is 12.5 Å². The molecule has 7 atom stereocenters. The first kappa shape index (κ1) is 55.1. The summed E-state index contributed by atoms with van der Waals surface area (Å²) in [6, 6.07) is 2.42. The number of nitrogens with zero attached hydrogens (tertiary/aromatic N) is 2. The Morgan fingerprint density at radius 2 is 0.938 bits per heavy atom. The van der Waals surface area contributed by atoms with Crippen molar-refractivity contribution in [2.45, 2.75) is 206 Å². The third kappa shape index (κ3) is 10.3. The third-order valence-electron chi connectivity index (χ3n) is 13.4. The highest BCUT2D eigenvalue weighted by atomic mass is 28.5. The molecule has 1 unspecified atom stereocenters. The van der Waals surface area contributed by atoms with Crippen LogP contribution in [0.25, 0.3) is 0 Å². The van der Waals surface area contributed by atoms with Crippen LogP contribution in [0, 0.1) is 0 Å². The van der Waals surface area contributed by atoms with Crippen molar-refractivity contribution < 1.29 is 45.3 Å². The summed E-state index contributed by atoms with van der Waals surface area (Å²) in [7, 11) is -11.4. The molecule has 4 aliphatic rings. The lowest BCUT2D eigenvalue weighted by molar-refractivity contribution is -0.130. The first-order valence-electron chi connectivity index (χ1n) is 22.9. The van der Waals surface area contributed by atoms with Crippen LogP contribution in [0.1, 0.15) is 131 Å². The van der Waals surface area contributed by atoms with Crippen LogP contribution in [-0.4, -0.2) is 108 Å². The molecule has 6 heterocycles. The molecule has 0 amide bonds. The highest BCUT2D eigenvalue weighted by molar-refractivity contribution is 6.84. The quantitative estimate of drug-likeness (QED) is 0.221. The van der Waals surface area contributed by atoms with E-state index in [2.05, 4.69) is 121 Å². The van der Waals surface area contributed by atoms with E-state index in [4.69, 9.17) is 35.4 Å². The van der Waals surface area contributed by atoms with E-state index in [0.717, 1.165) is 4.57 Å². The van der Waals surface area contributed by atoms with Crippen LogP contribution in [0.2, 0.25) is 44.3 Å². The van der Waals surface area contributed by atoms with Crippen LogP contribution in [-0.2, 0) is 40.2 Å². The van der Waals surface area contributed by atoms with E-state index in [-0.39, 0.29) is 70.8 Å². The first-order chi connectivity index (χ1) is 29.7. The van der Waals surface area contributed by atoms with Gasteiger partial charge in [0.2, 0.25) is 5.78 Å². The number of carbonyl (C=O) groups is 1. The fraction of sp³-hybridized carbons (Fsp3) is 0.791. The number of carbonyl (C=O) groups excluding carboxylic acids is 1. The van der Waals surface area contributed by atoms with Gasteiger partial charge in [-0.25, -0.2) is 9.59 Å². The lowest BCUT2D eigenvalue weighted by Gasteiger charge is -2.51. The molecular formula is C43H78N4O14Si4. The predicted molar refractivity (Wildman–Crippen MR) is 256 cm³/mol. The number of ketones is 1. The maximum Gasteiger partial charge on any atom is 0.335 e. The smallest absolute Gasteiger partial charge is 0.335 e. The van der Waals surface area contributed by atoms with Gasteiger partial charge in [-0.05, 0) is 44.3 Å². The minimum Gasteiger partial charge on any atom is -0.414 e. The monoisotopic (exact) mass is 986 g/mol. The zero-order valence-corrected chi connectivity index (χ0v) is 44.5. The number of aromatic nitrogens is 4. The molecule has 2 aromatic rings. The fourth-order valence-corrected chi connectivity index (χ4v) is 32.2. The molecule has 0 radical (unpaired) electrons. The van der Waals surface area contributed by atoms with E-state index < -0.39 is 99.7 Å². The minimum absolute atomic E-state index is 0. The number of H-pyrrole nitrogens is 2. The van der Waals surface area contributed by atoms with Gasteiger partial charge in [0.1, 0.15) is 30.5 Å². The van der Waals surface area contributed by atoms with E-state index in [9.17, 15) is 29.1 Å². The summed E-state index contributed by atoms with van der Waals surface area (Å²) in [6.45, 7) is 34.1. The van der Waals surface area contributed by atoms with Crippen LogP contribution in [0.15, 0.2) is 43.7 Å². The van der Waals surface area contributed by atoms with Gasteiger partial charge in [-0.15, -0.1) is 0 Å². The number of aliphatic hydroxyl groups excluding tert-OH is 1. The second-order valence-corrected chi connectivity index (χ2v) is 37.8. The normalized spacial score (nSPS) is 28.4. The lowest BCUT2D eigenvalue weighted by Crippen LogP contribution is -2.65. The molecule has 4 aliphatic heterocycles. The average Bonchev–Trinajstić information content (AvgIpc) is 3.63. The molecule has 0 bridgehead atoms. The van der Waals surface area contributed by atoms with Crippen molar-refractivity contribution in [2.24, 2.45) is 0 Å². The van der Waals surface area contributed by atoms with Crippen molar-refractivity contribution in [1.82, 2.24) is 19.1 Å². The Hall–Kier alpha value is -2.46. The van der Waals surface area contributed by atoms with Crippen molar-refractivity contribution in [3.63, 3.8) is 0 Å². The molecular weight excluding hydrogens is 909 g/mol. The number of aromatic amines is 2. The van der Waals surface area contributed by atoms with E-state index >= 15 is 0 Å². The maximum atomic E-state index is 13.4. The summed E-state index contributed by atoms with van der Waals surface area (Å²) in [5.74, 6) is -0.363. The van der Waals surface area contributed by atoms with Crippen molar-refractivity contribution in [1.29, 1.82) is 0 Å². The molecule has 0 aromatic carbocycles. The van der Waals surface area contributed by atoms with E-state index in [0.29, 0.717) is 0 Å². The molecule has 2 aromatic heterocycles. The van der Waals surface area contributed by atoms with E-state index in [1.54, 1.807) is 0 Å². The highest BCUT2D eigenvalue weighted by Crippen LogP contribution is 2.50. The zero-order valence-electron chi connectivity index (χ0n) is 40.5. The van der Waals surface area contributed by atoms with Gasteiger partial charge in [-0.1, -0.05) is 118 Å². The van der Waals surface area contributed by atoms with Crippen LogP contribution in [0.4, 0.5) is 0 Å². The Morgan fingerprint density at radius 1 is 0.554 bits per heavy atom. The molecule has 65 heavy (non-hydrogen) atoms. The van der Waals surface area contributed by atoms with Gasteiger partial charge in [0.05, 0.1) is 13.2 Å². The predicted octanol–water partition coefficient (Wildman–Crippen LogP) is 6.35. The number of Topliss-reactive ketones (excluding diaryl/α,β-unsaturated/α-hetero) is 1. The lowest BCUT2D eigenvalue weighted by atomic mass is 10.1. The Bertz CT molecular complexity index is 2140. The number of fused-ring (bicyclic) bond motifs is 2. The molecule has 4 saturated heterocycles. The number of ether oxygens (including phenoxy) is 2. The van der Waals surface area contributed by atoms with Crippen LogP contribution in [0.5, 0.6) is 0 Å². The molecule has 4 fully saturated rings. The van der Waals surface area contributed by atoms with Crippen molar-refractivity contribution in [3.8, 4) is 0 Å². The number of rotatable bonds is 10. The fourth-order valence-electron chi connectivity index (χ4n) is 9.82.